The summed E-state index contributed by atoms with van der Waals surface area (Å²) >= 11 is 0. The Morgan fingerprint density at radius 3 is 2.68 bits per heavy atom. The predicted octanol–water partition coefficient (Wildman–Crippen LogP) is -0.599. The summed E-state index contributed by atoms with van der Waals surface area (Å²) in [6.07, 6.45) is -3.58. The highest BCUT2D eigenvalue weighted by molar-refractivity contribution is 5.40. The van der Waals surface area contributed by atoms with Crippen LogP contribution < -0.4 is 10.1 Å². The van der Waals surface area contributed by atoms with E-state index in [1.165, 1.54) is 0 Å². The van der Waals surface area contributed by atoms with Crippen LogP contribution in [-0.2, 0) is 10.9 Å². The normalized spacial score (nSPS) is 26.8. The number of halogens is 3. The molecule has 0 aromatic carbocycles. The van der Waals surface area contributed by atoms with Crippen LogP contribution in [0.15, 0.2) is 6.07 Å². The van der Waals surface area contributed by atoms with E-state index >= 15 is 0 Å². The molecule has 138 valence electrons. The van der Waals surface area contributed by atoms with Crippen LogP contribution in [0.5, 0.6) is 6.01 Å². The number of ether oxygens (including phenoxy) is 2. The van der Waals surface area contributed by atoms with Crippen LogP contribution in [0.2, 0.25) is 0 Å². The lowest BCUT2D eigenvalue weighted by Gasteiger charge is -2.37. The number of nitrogens with zero attached hydrogens (tertiary/aromatic N) is 2. The van der Waals surface area contributed by atoms with Gasteiger partial charge in [-0.3, -0.25) is 0 Å². The van der Waals surface area contributed by atoms with Gasteiger partial charge in [-0.25, -0.2) is 0 Å². The number of anilines is 1. The summed E-state index contributed by atoms with van der Waals surface area (Å²) in [6, 6.07) is -0.926. The van der Waals surface area contributed by atoms with Crippen LogP contribution in [0.4, 0.5) is 19.0 Å². The van der Waals surface area contributed by atoms with Crippen LogP contribution in [0, 0.1) is 12.3 Å². The quantitative estimate of drug-likeness (QED) is 0.513. The molecular formula is C14H16F3N3O5. The number of alkyl halides is 3. The van der Waals surface area contributed by atoms with Crippen LogP contribution in [0.1, 0.15) is 5.69 Å². The summed E-state index contributed by atoms with van der Waals surface area (Å²) in [6.45, 7) is -1.01. The molecule has 4 atom stereocenters. The summed E-state index contributed by atoms with van der Waals surface area (Å²) in [5.74, 6) is 1.78. The molecule has 2 heterocycles. The molecule has 25 heavy (non-hydrogen) atoms. The molecule has 4 N–H and O–H groups in total. The van der Waals surface area contributed by atoms with Gasteiger partial charge in [-0.2, -0.15) is 23.1 Å². The van der Waals surface area contributed by atoms with Gasteiger partial charge in [0.05, 0.1) is 19.3 Å². The van der Waals surface area contributed by atoms with Crippen molar-refractivity contribution in [3.63, 3.8) is 0 Å². The van der Waals surface area contributed by atoms with Crippen molar-refractivity contribution < 1.29 is 38.0 Å². The van der Waals surface area contributed by atoms with Crippen LogP contribution in [-0.4, -0.2) is 69.5 Å². The zero-order chi connectivity index (χ0) is 18.6. The number of terminal acetylenes is 1. The Hall–Kier alpha value is -2.13. The van der Waals surface area contributed by atoms with Crippen molar-refractivity contribution in [2.45, 2.75) is 30.5 Å². The van der Waals surface area contributed by atoms with Crippen molar-refractivity contribution in [1.82, 2.24) is 9.97 Å². The topological polar surface area (TPSA) is 117 Å². The van der Waals surface area contributed by atoms with Gasteiger partial charge in [0.1, 0.15) is 24.1 Å². The van der Waals surface area contributed by atoms with E-state index in [-0.39, 0.29) is 19.0 Å². The van der Waals surface area contributed by atoms with E-state index in [1.807, 2.05) is 0 Å². The van der Waals surface area contributed by atoms with E-state index in [0.29, 0.717) is 6.07 Å². The average Bonchev–Trinajstić information content (AvgIpc) is 2.56. The third-order valence-corrected chi connectivity index (χ3v) is 3.43. The van der Waals surface area contributed by atoms with Crippen LogP contribution >= 0.6 is 0 Å². The molecule has 0 saturated carbocycles. The Bertz CT molecular complexity index is 637. The molecule has 8 nitrogen and oxygen atoms in total. The number of aromatic nitrogens is 2. The molecule has 1 aromatic rings. The molecule has 0 spiro atoms. The lowest BCUT2D eigenvalue weighted by atomic mass is 9.98. The molecule has 0 aliphatic carbocycles. The highest BCUT2D eigenvalue weighted by Gasteiger charge is 2.39. The second-order valence-corrected chi connectivity index (χ2v) is 5.20. The minimum absolute atomic E-state index is 0.171. The van der Waals surface area contributed by atoms with Gasteiger partial charge in [-0.15, -0.1) is 6.42 Å². The monoisotopic (exact) mass is 363 g/mol. The zero-order valence-electron chi connectivity index (χ0n) is 12.8. The van der Waals surface area contributed by atoms with Crippen molar-refractivity contribution in [3.8, 4) is 18.4 Å². The Kier molecular flexibility index (Phi) is 6.02. The Labute approximate surface area is 140 Å². The van der Waals surface area contributed by atoms with Gasteiger partial charge in [-0.05, 0) is 0 Å². The Morgan fingerprint density at radius 1 is 1.36 bits per heavy atom. The highest BCUT2D eigenvalue weighted by atomic mass is 19.4. The molecule has 1 aromatic heterocycles. The first-order valence-corrected chi connectivity index (χ1v) is 7.14. The number of hydrogen-bond acceptors (Lipinski definition) is 8. The molecule has 0 amide bonds. The molecule has 11 heteroatoms. The van der Waals surface area contributed by atoms with Gasteiger partial charge in [0, 0.05) is 6.07 Å². The molecule has 1 saturated heterocycles. The maximum Gasteiger partial charge on any atom is 0.433 e. The second-order valence-electron chi connectivity index (χ2n) is 5.20. The second kappa shape index (κ2) is 7.83. The lowest BCUT2D eigenvalue weighted by Crippen LogP contribution is -2.56. The van der Waals surface area contributed by atoms with Crippen LogP contribution in [0.3, 0.4) is 0 Å². The van der Waals surface area contributed by atoms with Crippen molar-refractivity contribution in [2.75, 3.05) is 25.1 Å². The van der Waals surface area contributed by atoms with Gasteiger partial charge in [-0.1, -0.05) is 5.92 Å². The molecule has 1 fully saturated rings. The number of nitrogens with one attached hydrogen (secondary N) is 1. The summed E-state index contributed by atoms with van der Waals surface area (Å²) in [5.41, 5.74) is -1.27. The number of hydrogen-bond donors (Lipinski definition) is 4. The van der Waals surface area contributed by atoms with Crippen molar-refractivity contribution in [1.29, 1.82) is 0 Å². The van der Waals surface area contributed by atoms with Crippen molar-refractivity contribution in [3.05, 3.63) is 11.8 Å². The third kappa shape index (κ3) is 4.70. The first-order valence-electron chi connectivity index (χ1n) is 7.14. The summed E-state index contributed by atoms with van der Waals surface area (Å²) < 4.78 is 48.8. The van der Waals surface area contributed by atoms with E-state index in [0.717, 1.165) is 0 Å². The molecular weight excluding hydrogens is 347 g/mol. The van der Waals surface area contributed by atoms with Gasteiger partial charge in [0.15, 0.2) is 12.3 Å². The number of aliphatic hydroxyl groups excluding tert-OH is 3. The highest BCUT2D eigenvalue weighted by Crippen LogP contribution is 2.30. The summed E-state index contributed by atoms with van der Waals surface area (Å²) in [5, 5.41) is 31.4. The zero-order valence-corrected chi connectivity index (χ0v) is 12.8. The SMILES string of the molecule is C#CCOc1nc(N[C@H]2CO[C@H](CO)[C@H](O)[C@@H]2O)cc(C(F)(F)F)n1. The van der Waals surface area contributed by atoms with E-state index in [2.05, 4.69) is 21.2 Å². The van der Waals surface area contributed by atoms with Crippen molar-refractivity contribution >= 4 is 5.82 Å². The van der Waals surface area contributed by atoms with Crippen LogP contribution in [0.25, 0.3) is 0 Å². The molecule has 2 rings (SSSR count). The van der Waals surface area contributed by atoms with E-state index in [1.54, 1.807) is 0 Å². The summed E-state index contributed by atoms with van der Waals surface area (Å²) in [7, 11) is 0. The maximum atomic E-state index is 12.9. The minimum Gasteiger partial charge on any atom is -0.450 e. The first kappa shape index (κ1) is 19.2. The third-order valence-electron chi connectivity index (χ3n) is 3.43. The first-order chi connectivity index (χ1) is 11.8. The van der Waals surface area contributed by atoms with Gasteiger partial charge in [0.25, 0.3) is 0 Å². The largest absolute Gasteiger partial charge is 0.450 e. The molecule has 0 bridgehead atoms. The Balaban J connectivity index is 2.22. The Morgan fingerprint density at radius 2 is 2.08 bits per heavy atom. The van der Waals surface area contributed by atoms with Gasteiger partial charge >= 0.3 is 12.2 Å². The summed E-state index contributed by atoms with van der Waals surface area (Å²) in [4.78, 5) is 6.96. The fourth-order valence-corrected chi connectivity index (χ4v) is 2.18. The fraction of sp³-hybridized carbons (Fsp3) is 0.571. The van der Waals surface area contributed by atoms with Gasteiger partial charge in [0.2, 0.25) is 0 Å². The minimum atomic E-state index is -4.75. The van der Waals surface area contributed by atoms with E-state index < -0.39 is 48.8 Å². The van der Waals surface area contributed by atoms with Crippen molar-refractivity contribution in [2.24, 2.45) is 0 Å². The average molecular weight is 363 g/mol. The van der Waals surface area contributed by atoms with E-state index in [4.69, 9.17) is 21.0 Å². The number of rotatable bonds is 5. The van der Waals surface area contributed by atoms with E-state index in [9.17, 15) is 23.4 Å². The maximum absolute atomic E-state index is 12.9. The fourth-order valence-electron chi connectivity index (χ4n) is 2.18. The molecule has 1 aliphatic rings. The molecule has 0 radical (unpaired) electrons. The smallest absolute Gasteiger partial charge is 0.433 e. The van der Waals surface area contributed by atoms with Gasteiger partial charge < -0.3 is 30.1 Å². The number of aliphatic hydroxyl groups is 3. The standard InChI is InChI=1S/C14H16F3N3O5/c1-2-3-24-13-19-9(14(15,16)17)4-10(20-13)18-7-6-25-8(5-21)12(23)11(7)22/h1,4,7-8,11-12,21-23H,3,5-6H2,(H,18,19,20)/t7-,8+,11+,12-/m0/s1. The molecule has 1 aliphatic heterocycles. The lowest BCUT2D eigenvalue weighted by molar-refractivity contribution is -0.152. The molecule has 0 unspecified atom stereocenters. The predicted molar refractivity (Wildman–Crippen MR) is 77.6 cm³/mol.